The highest BCUT2D eigenvalue weighted by Gasteiger charge is 2.39. The van der Waals surface area contributed by atoms with E-state index in [0.717, 1.165) is 29.5 Å². The summed E-state index contributed by atoms with van der Waals surface area (Å²) in [4.78, 5) is 44.1. The molecule has 2 rings (SSSR count). The first kappa shape index (κ1) is 30.2. The number of oxime groups is 2. The fourth-order valence-corrected chi connectivity index (χ4v) is 8.56. The predicted octanol–water partition coefficient (Wildman–Crippen LogP) is 6.36. The van der Waals surface area contributed by atoms with Crippen LogP contribution in [0.4, 0.5) is 9.59 Å². The van der Waals surface area contributed by atoms with Gasteiger partial charge in [0, 0.05) is 26.2 Å². The Kier molecular flexibility index (Phi) is 10.8. The number of amides is 2. The SMILES string of the molecule is CC(C)N=C1S/C(=N\OC(=O)N(C)SN(C)C(=O)O/N=C2\SC(=NC(C)C)SC2(C)C)C(C)(C)S1. The number of aliphatic imine (C=N–C) groups is 2. The molecule has 0 N–H and O–H groups in total. The normalized spacial score (nSPS) is 23.7. The van der Waals surface area contributed by atoms with E-state index in [1.807, 2.05) is 55.4 Å². The Morgan fingerprint density at radius 2 is 1.11 bits per heavy atom. The van der Waals surface area contributed by atoms with Crippen molar-refractivity contribution in [3.05, 3.63) is 0 Å². The number of rotatable bonds is 6. The minimum atomic E-state index is -0.734. The van der Waals surface area contributed by atoms with Crippen molar-refractivity contribution >= 4 is 90.2 Å². The smallest absolute Gasteiger partial charge is 0.296 e. The number of hydrogen-bond donors (Lipinski definition) is 0. The van der Waals surface area contributed by atoms with Gasteiger partial charge in [-0.2, -0.15) is 0 Å². The monoisotopic (exact) mass is 580 g/mol. The maximum atomic E-state index is 12.4. The number of carbonyl (C=O) groups excluding carboxylic acids is 2. The molecule has 0 saturated carbocycles. The van der Waals surface area contributed by atoms with Crippen LogP contribution in [0.5, 0.6) is 0 Å². The van der Waals surface area contributed by atoms with Crippen molar-refractivity contribution < 1.29 is 19.3 Å². The molecule has 0 atom stereocenters. The molecule has 0 bridgehead atoms. The minimum Gasteiger partial charge on any atom is -0.296 e. The summed E-state index contributed by atoms with van der Waals surface area (Å²) in [6.07, 6.45) is -1.47. The maximum absolute atomic E-state index is 12.4. The van der Waals surface area contributed by atoms with Crippen LogP contribution in [0.3, 0.4) is 0 Å². The fourth-order valence-electron chi connectivity index (χ4n) is 2.29. The molecule has 2 amide bonds. The van der Waals surface area contributed by atoms with Crippen molar-refractivity contribution in [2.45, 2.75) is 77.0 Å². The Bertz CT molecular complexity index is 874. The largest absolute Gasteiger partial charge is 0.447 e. The molecule has 2 aliphatic rings. The zero-order valence-electron chi connectivity index (χ0n) is 21.5. The molecule has 0 aliphatic carbocycles. The molecule has 0 radical (unpaired) electrons. The van der Waals surface area contributed by atoms with Gasteiger partial charge in [0.15, 0.2) is 0 Å². The Labute approximate surface area is 228 Å². The summed E-state index contributed by atoms with van der Waals surface area (Å²) in [5.41, 5.74) is 0. The quantitative estimate of drug-likeness (QED) is 0.201. The van der Waals surface area contributed by atoms with Crippen LogP contribution in [-0.4, -0.2) is 75.3 Å². The summed E-state index contributed by atoms with van der Waals surface area (Å²) in [5.74, 6) is 0. The average molecular weight is 581 g/mol. The average Bonchev–Trinajstić information content (AvgIpc) is 3.15. The van der Waals surface area contributed by atoms with E-state index in [1.165, 1.54) is 37.6 Å². The summed E-state index contributed by atoms with van der Waals surface area (Å²) >= 11 is 6.74. The van der Waals surface area contributed by atoms with E-state index in [2.05, 4.69) is 20.3 Å². The van der Waals surface area contributed by atoms with Gasteiger partial charge in [0.1, 0.15) is 18.8 Å². The second kappa shape index (κ2) is 12.5. The first-order valence-corrected chi connectivity index (χ1v) is 14.7. The highest BCUT2D eigenvalue weighted by atomic mass is 32.2. The van der Waals surface area contributed by atoms with Gasteiger partial charge >= 0.3 is 12.2 Å². The van der Waals surface area contributed by atoms with E-state index in [4.69, 9.17) is 9.68 Å². The third-order valence-corrected chi connectivity index (χ3v) is 10.1. The van der Waals surface area contributed by atoms with Crippen LogP contribution < -0.4 is 0 Å². The van der Waals surface area contributed by atoms with E-state index in [9.17, 15) is 9.59 Å². The zero-order chi connectivity index (χ0) is 26.6. The summed E-state index contributed by atoms with van der Waals surface area (Å²) in [6.45, 7) is 16.0. The van der Waals surface area contributed by atoms with Crippen molar-refractivity contribution in [3.8, 4) is 0 Å². The Morgan fingerprint density at radius 3 is 1.43 bits per heavy atom. The molecule has 2 aliphatic heterocycles. The Morgan fingerprint density at radius 1 is 0.771 bits per heavy atom. The van der Waals surface area contributed by atoms with Crippen LogP contribution in [0.2, 0.25) is 0 Å². The van der Waals surface area contributed by atoms with Crippen LogP contribution in [0.1, 0.15) is 55.4 Å². The zero-order valence-corrected chi connectivity index (χ0v) is 25.6. The summed E-state index contributed by atoms with van der Waals surface area (Å²) in [5, 5.41) is 9.37. The van der Waals surface area contributed by atoms with Crippen molar-refractivity contribution in [3.63, 3.8) is 0 Å². The predicted molar refractivity (Wildman–Crippen MR) is 155 cm³/mol. The van der Waals surface area contributed by atoms with E-state index in [0.29, 0.717) is 10.1 Å². The lowest BCUT2D eigenvalue weighted by molar-refractivity contribution is 0.131. The number of thioether (sulfide) groups is 4. The Hall–Kier alpha value is -1.03. The molecule has 2 heterocycles. The summed E-state index contributed by atoms with van der Waals surface area (Å²) in [7, 11) is 2.94. The van der Waals surface area contributed by atoms with Gasteiger partial charge < -0.3 is 0 Å². The van der Waals surface area contributed by atoms with Crippen molar-refractivity contribution in [2.75, 3.05) is 14.1 Å². The maximum Gasteiger partial charge on any atom is 0.447 e. The molecular weight excluding hydrogens is 549 g/mol. The van der Waals surface area contributed by atoms with Gasteiger partial charge in [-0.25, -0.2) is 18.2 Å². The summed E-state index contributed by atoms with van der Waals surface area (Å²) < 4.78 is 3.34. The molecule has 10 nitrogen and oxygen atoms in total. The molecule has 2 fully saturated rings. The molecule has 0 aromatic heterocycles. The number of carbonyl (C=O) groups is 2. The summed E-state index contributed by atoms with van der Waals surface area (Å²) in [6, 6.07) is 0.330. The second-order valence-corrected chi connectivity index (χ2v) is 15.9. The van der Waals surface area contributed by atoms with E-state index >= 15 is 0 Å². The molecule has 35 heavy (non-hydrogen) atoms. The molecular formula is C20H32N6O4S5. The van der Waals surface area contributed by atoms with Crippen LogP contribution >= 0.6 is 59.2 Å². The fraction of sp³-hybridized carbons (Fsp3) is 0.700. The first-order chi connectivity index (χ1) is 16.1. The molecule has 196 valence electrons. The standard InChI is InChI=1S/C20H32N6O4S5/c1-11(2)21-15-31-13(19(5,6)33-15)23-29-17(27)25(9)35-26(10)18(28)30-24-14-20(7,8)34-16(32-14)22-12(3)4/h11-12H,1-10H3/b21-15?,22-16?,23-13-,24-14-. The van der Waals surface area contributed by atoms with E-state index < -0.39 is 12.2 Å². The van der Waals surface area contributed by atoms with Gasteiger partial charge in [0.25, 0.3) is 0 Å². The number of hydrogen-bond acceptors (Lipinski definition) is 13. The van der Waals surface area contributed by atoms with E-state index in [-0.39, 0.29) is 21.6 Å². The molecule has 0 aromatic carbocycles. The lowest BCUT2D eigenvalue weighted by atomic mass is 10.2. The second-order valence-electron chi connectivity index (χ2n) is 8.99. The molecule has 0 aromatic rings. The third-order valence-electron chi connectivity index (χ3n) is 3.98. The molecule has 0 spiro atoms. The van der Waals surface area contributed by atoms with Gasteiger partial charge in [-0.1, -0.05) is 33.8 Å². The highest BCUT2D eigenvalue weighted by Crippen LogP contribution is 2.45. The van der Waals surface area contributed by atoms with Gasteiger partial charge in [0.05, 0.1) is 21.6 Å². The van der Waals surface area contributed by atoms with Crippen LogP contribution in [-0.2, 0) is 9.68 Å². The lowest BCUT2D eigenvalue weighted by Crippen LogP contribution is -2.29. The van der Waals surface area contributed by atoms with Gasteiger partial charge in [0.2, 0.25) is 0 Å². The van der Waals surface area contributed by atoms with Crippen molar-refractivity contribution in [1.82, 2.24) is 8.61 Å². The first-order valence-electron chi connectivity index (χ1n) is 10.7. The van der Waals surface area contributed by atoms with E-state index in [1.54, 1.807) is 23.5 Å². The minimum absolute atomic E-state index is 0.165. The van der Waals surface area contributed by atoms with Crippen LogP contribution in [0.15, 0.2) is 20.3 Å². The van der Waals surface area contributed by atoms with Crippen LogP contribution in [0.25, 0.3) is 0 Å². The van der Waals surface area contributed by atoms with Crippen LogP contribution in [0, 0.1) is 0 Å². The number of nitrogens with zero attached hydrogens (tertiary/aromatic N) is 6. The van der Waals surface area contributed by atoms with Gasteiger partial charge in [-0.05, 0) is 78.9 Å². The molecule has 0 unspecified atom stereocenters. The van der Waals surface area contributed by atoms with Crippen molar-refractivity contribution in [1.29, 1.82) is 0 Å². The molecule has 15 heteroatoms. The third kappa shape index (κ3) is 9.09. The lowest BCUT2D eigenvalue weighted by Gasteiger charge is -2.20. The topological polar surface area (TPSA) is 109 Å². The Balaban J connectivity index is 1.91. The molecule has 2 saturated heterocycles. The van der Waals surface area contributed by atoms with Gasteiger partial charge in [-0.3, -0.25) is 19.7 Å². The van der Waals surface area contributed by atoms with Gasteiger partial charge in [-0.15, -0.1) is 0 Å². The highest BCUT2D eigenvalue weighted by molar-refractivity contribution is 8.50. The van der Waals surface area contributed by atoms with Crippen molar-refractivity contribution in [2.24, 2.45) is 20.3 Å².